The second-order valence-electron chi connectivity index (χ2n) is 7.80. The minimum absolute atomic E-state index is 0.160. The van der Waals surface area contributed by atoms with Crippen LogP contribution in [0.3, 0.4) is 0 Å². The SMILES string of the molecule is CCN(CC)c1ccc(C(=O)Nc2cc(C(C)(C)C)nn2-c2ccccn2)cn1. The largest absolute Gasteiger partial charge is 0.357 e. The van der Waals surface area contributed by atoms with Crippen LogP contribution in [-0.2, 0) is 5.41 Å². The topological polar surface area (TPSA) is 75.9 Å². The van der Waals surface area contributed by atoms with E-state index in [1.165, 1.54) is 0 Å². The van der Waals surface area contributed by atoms with Crippen molar-refractivity contribution in [3.05, 3.63) is 60.0 Å². The number of aromatic nitrogens is 4. The van der Waals surface area contributed by atoms with Gasteiger partial charge in [0.05, 0.1) is 11.3 Å². The van der Waals surface area contributed by atoms with Crippen molar-refractivity contribution >= 4 is 17.5 Å². The van der Waals surface area contributed by atoms with Gasteiger partial charge in [0.15, 0.2) is 5.82 Å². The predicted molar refractivity (Wildman–Crippen MR) is 116 cm³/mol. The summed E-state index contributed by atoms with van der Waals surface area (Å²) in [4.78, 5) is 23.8. The van der Waals surface area contributed by atoms with Gasteiger partial charge in [-0.15, -0.1) is 0 Å². The molecule has 0 radical (unpaired) electrons. The van der Waals surface area contributed by atoms with Gasteiger partial charge in [-0.25, -0.2) is 9.97 Å². The minimum Gasteiger partial charge on any atom is -0.357 e. The second-order valence-corrected chi connectivity index (χ2v) is 7.80. The Balaban J connectivity index is 1.89. The van der Waals surface area contributed by atoms with Crippen LogP contribution in [0.15, 0.2) is 48.8 Å². The standard InChI is InChI=1S/C22H28N6O/c1-6-27(7-2)18-12-11-16(15-24-18)21(29)25-20-14-17(22(3,4)5)26-28(20)19-10-8-9-13-23-19/h8-15H,6-7H2,1-5H3,(H,25,29). The Morgan fingerprint density at radius 1 is 1.10 bits per heavy atom. The van der Waals surface area contributed by atoms with E-state index in [-0.39, 0.29) is 11.3 Å². The highest BCUT2D eigenvalue weighted by Crippen LogP contribution is 2.26. The molecule has 0 unspecified atom stereocenters. The smallest absolute Gasteiger partial charge is 0.258 e. The third kappa shape index (κ3) is 4.62. The van der Waals surface area contributed by atoms with Crippen LogP contribution in [0, 0.1) is 0 Å². The lowest BCUT2D eigenvalue weighted by Gasteiger charge is -2.19. The number of carbonyl (C=O) groups is 1. The first-order chi connectivity index (χ1) is 13.8. The van der Waals surface area contributed by atoms with E-state index >= 15 is 0 Å². The molecule has 0 spiro atoms. The third-order valence-corrected chi connectivity index (χ3v) is 4.68. The van der Waals surface area contributed by atoms with Gasteiger partial charge in [-0.2, -0.15) is 9.78 Å². The number of pyridine rings is 2. The molecule has 3 rings (SSSR count). The van der Waals surface area contributed by atoms with Crippen molar-refractivity contribution < 1.29 is 4.79 Å². The van der Waals surface area contributed by atoms with Crippen LogP contribution in [0.4, 0.5) is 11.6 Å². The number of anilines is 2. The van der Waals surface area contributed by atoms with E-state index in [1.54, 1.807) is 23.1 Å². The van der Waals surface area contributed by atoms with Gasteiger partial charge in [-0.3, -0.25) is 4.79 Å². The minimum atomic E-state index is -0.235. The van der Waals surface area contributed by atoms with Gasteiger partial charge in [0.1, 0.15) is 11.6 Å². The summed E-state index contributed by atoms with van der Waals surface area (Å²) in [5.41, 5.74) is 1.20. The highest BCUT2D eigenvalue weighted by atomic mass is 16.1. The number of nitrogens with one attached hydrogen (secondary N) is 1. The van der Waals surface area contributed by atoms with Crippen LogP contribution >= 0.6 is 0 Å². The maximum atomic E-state index is 12.9. The molecule has 7 heteroatoms. The maximum absolute atomic E-state index is 12.9. The summed E-state index contributed by atoms with van der Waals surface area (Å²) in [6.07, 6.45) is 3.31. The van der Waals surface area contributed by atoms with E-state index in [0.29, 0.717) is 17.2 Å². The number of hydrogen-bond donors (Lipinski definition) is 1. The zero-order valence-electron chi connectivity index (χ0n) is 17.7. The lowest BCUT2D eigenvalue weighted by Crippen LogP contribution is -2.23. The molecule has 0 atom stereocenters. The molecule has 0 bridgehead atoms. The number of hydrogen-bond acceptors (Lipinski definition) is 5. The average Bonchev–Trinajstić information content (AvgIpc) is 3.14. The van der Waals surface area contributed by atoms with Crippen molar-refractivity contribution in [2.24, 2.45) is 0 Å². The summed E-state index contributed by atoms with van der Waals surface area (Å²) < 4.78 is 1.66. The van der Waals surface area contributed by atoms with Gasteiger partial charge in [0.2, 0.25) is 0 Å². The van der Waals surface area contributed by atoms with Crippen molar-refractivity contribution in [3.8, 4) is 5.82 Å². The summed E-state index contributed by atoms with van der Waals surface area (Å²) in [6.45, 7) is 12.1. The normalized spacial score (nSPS) is 11.3. The summed E-state index contributed by atoms with van der Waals surface area (Å²) in [6, 6.07) is 11.2. The van der Waals surface area contributed by atoms with Gasteiger partial charge in [-0.05, 0) is 38.1 Å². The highest BCUT2D eigenvalue weighted by molar-refractivity contribution is 6.03. The van der Waals surface area contributed by atoms with Crippen LogP contribution in [-0.4, -0.2) is 38.7 Å². The summed E-state index contributed by atoms with van der Waals surface area (Å²) >= 11 is 0. The number of amides is 1. The Morgan fingerprint density at radius 3 is 2.41 bits per heavy atom. The Kier molecular flexibility index (Phi) is 5.96. The van der Waals surface area contributed by atoms with Crippen molar-refractivity contribution in [2.75, 3.05) is 23.3 Å². The molecular weight excluding hydrogens is 364 g/mol. The van der Waals surface area contributed by atoms with Crippen LogP contribution in [0.25, 0.3) is 5.82 Å². The Morgan fingerprint density at radius 2 is 1.86 bits per heavy atom. The quantitative estimate of drug-likeness (QED) is 0.685. The summed E-state index contributed by atoms with van der Waals surface area (Å²) in [5.74, 6) is 1.85. The fourth-order valence-corrected chi connectivity index (χ4v) is 2.93. The van der Waals surface area contributed by atoms with E-state index in [4.69, 9.17) is 0 Å². The predicted octanol–water partition coefficient (Wildman–Crippen LogP) is 4.06. The molecular formula is C22H28N6O. The van der Waals surface area contributed by atoms with Gasteiger partial charge in [-0.1, -0.05) is 26.8 Å². The molecule has 1 amide bonds. The Labute approximate surface area is 171 Å². The van der Waals surface area contributed by atoms with Gasteiger partial charge in [0, 0.05) is 37.0 Å². The Hall–Kier alpha value is -3.22. The fraction of sp³-hybridized carbons (Fsp3) is 0.364. The molecule has 0 fully saturated rings. The van der Waals surface area contributed by atoms with Crippen molar-refractivity contribution in [3.63, 3.8) is 0 Å². The molecule has 0 aliphatic carbocycles. The molecule has 0 aliphatic heterocycles. The Bertz CT molecular complexity index is 953. The first kappa shape index (κ1) is 20.5. The first-order valence-electron chi connectivity index (χ1n) is 9.87. The van der Waals surface area contributed by atoms with Gasteiger partial charge >= 0.3 is 0 Å². The molecule has 0 saturated heterocycles. The molecule has 0 aromatic carbocycles. The van der Waals surface area contributed by atoms with Crippen molar-refractivity contribution in [2.45, 2.75) is 40.0 Å². The zero-order chi connectivity index (χ0) is 21.0. The molecule has 1 N–H and O–H groups in total. The van der Waals surface area contributed by atoms with Crippen molar-refractivity contribution in [1.29, 1.82) is 0 Å². The number of rotatable bonds is 6. The first-order valence-corrected chi connectivity index (χ1v) is 9.87. The molecule has 3 aromatic rings. The molecule has 0 aliphatic rings. The number of nitrogens with zero attached hydrogens (tertiary/aromatic N) is 5. The molecule has 29 heavy (non-hydrogen) atoms. The van der Waals surface area contributed by atoms with E-state index in [9.17, 15) is 4.79 Å². The van der Waals surface area contributed by atoms with Crippen LogP contribution in [0.2, 0.25) is 0 Å². The van der Waals surface area contributed by atoms with Crippen LogP contribution in [0.5, 0.6) is 0 Å². The molecule has 3 heterocycles. The summed E-state index contributed by atoms with van der Waals surface area (Å²) in [7, 11) is 0. The van der Waals surface area contributed by atoms with E-state index in [2.05, 4.69) is 59.9 Å². The average molecular weight is 393 g/mol. The monoisotopic (exact) mass is 392 g/mol. The van der Waals surface area contributed by atoms with Crippen molar-refractivity contribution in [1.82, 2.24) is 19.7 Å². The lowest BCUT2D eigenvalue weighted by atomic mass is 9.92. The fourth-order valence-electron chi connectivity index (χ4n) is 2.93. The summed E-state index contributed by atoms with van der Waals surface area (Å²) in [5, 5.41) is 7.64. The second kappa shape index (κ2) is 8.43. The molecule has 152 valence electrons. The zero-order valence-corrected chi connectivity index (χ0v) is 17.7. The molecule has 7 nitrogen and oxygen atoms in total. The molecule has 0 saturated carbocycles. The van der Waals surface area contributed by atoms with E-state index in [1.807, 2.05) is 30.3 Å². The number of carbonyl (C=O) groups excluding carboxylic acids is 1. The lowest BCUT2D eigenvalue weighted by molar-refractivity contribution is 0.102. The third-order valence-electron chi connectivity index (χ3n) is 4.68. The van der Waals surface area contributed by atoms with E-state index < -0.39 is 0 Å². The van der Waals surface area contributed by atoms with E-state index in [0.717, 1.165) is 24.6 Å². The van der Waals surface area contributed by atoms with Gasteiger partial charge < -0.3 is 10.2 Å². The molecule has 3 aromatic heterocycles. The van der Waals surface area contributed by atoms with Gasteiger partial charge in [0.25, 0.3) is 5.91 Å². The highest BCUT2D eigenvalue weighted by Gasteiger charge is 2.22. The maximum Gasteiger partial charge on any atom is 0.258 e. The van der Waals surface area contributed by atoms with Crippen LogP contribution in [0.1, 0.15) is 50.7 Å². The van der Waals surface area contributed by atoms with Crippen LogP contribution < -0.4 is 10.2 Å².